The smallest absolute Gasteiger partial charge is 0.329 e. The first kappa shape index (κ1) is 19.1. The van der Waals surface area contributed by atoms with E-state index in [1.54, 1.807) is 13.8 Å². The van der Waals surface area contributed by atoms with Crippen LogP contribution < -0.4 is 4.90 Å². The zero-order valence-corrected chi connectivity index (χ0v) is 16.3. The lowest BCUT2D eigenvalue weighted by atomic mass is 9.91. The van der Waals surface area contributed by atoms with Gasteiger partial charge in [-0.1, -0.05) is 26.0 Å². The van der Waals surface area contributed by atoms with Gasteiger partial charge in [-0.15, -0.1) is 0 Å². The van der Waals surface area contributed by atoms with E-state index in [0.29, 0.717) is 28.9 Å². The van der Waals surface area contributed by atoms with Gasteiger partial charge in [0.25, 0.3) is 0 Å². The van der Waals surface area contributed by atoms with Gasteiger partial charge < -0.3 is 9.64 Å². The molecule has 0 aliphatic carbocycles. The monoisotopic (exact) mass is 366 g/mol. The average molecular weight is 366 g/mol. The minimum absolute atomic E-state index is 0.291. The molecule has 2 aromatic rings. The lowest BCUT2D eigenvalue weighted by Crippen LogP contribution is -2.40. The van der Waals surface area contributed by atoms with Crippen LogP contribution >= 0.6 is 0 Å². The van der Waals surface area contributed by atoms with Gasteiger partial charge in [0.2, 0.25) is 0 Å². The molecule has 1 aliphatic rings. The number of ether oxygens (including phenoxy) is 1. The molecule has 0 spiro atoms. The van der Waals surface area contributed by atoms with Crippen molar-refractivity contribution in [2.75, 3.05) is 18.0 Å². The molecule has 0 radical (unpaired) electrons. The molecule has 142 valence electrons. The molecule has 1 fully saturated rings. The molecule has 1 aromatic carbocycles. The third-order valence-corrected chi connectivity index (χ3v) is 4.74. The minimum atomic E-state index is -1.09. The highest BCUT2D eigenvalue weighted by molar-refractivity contribution is 5.85. The van der Waals surface area contributed by atoms with Crippen molar-refractivity contribution in [2.45, 2.75) is 46.1 Å². The number of hydrogen-bond acceptors (Lipinski definition) is 6. The highest BCUT2D eigenvalue weighted by Crippen LogP contribution is 2.32. The van der Waals surface area contributed by atoms with Crippen LogP contribution in [0.3, 0.4) is 0 Å². The average Bonchev–Trinajstić information content (AvgIpc) is 2.60. The summed E-state index contributed by atoms with van der Waals surface area (Å²) in [5.41, 5.74) is 1.83. The maximum absolute atomic E-state index is 12.6. The van der Waals surface area contributed by atoms with Crippen molar-refractivity contribution in [3.05, 3.63) is 30.0 Å². The van der Waals surface area contributed by atoms with Crippen molar-refractivity contribution in [3.63, 3.8) is 0 Å². The number of benzene rings is 1. The standard InChI is InChI=1S/C21H26N4O2/c1-13(2)27-21(26)16(10-22)19-20(25-11-14(3)9-15(4)12-25)24-18-8-6-5-7-17(18)23-19/h5-8,13-16H,9,11-12H2,1-4H3/t14-,15+,16-/m1/s1. The Morgan fingerprint density at radius 2 is 1.78 bits per heavy atom. The number of hydrogen-bond donors (Lipinski definition) is 0. The molecule has 0 amide bonds. The molecule has 6 heteroatoms. The Labute approximate surface area is 160 Å². The van der Waals surface area contributed by atoms with Gasteiger partial charge in [-0.25, -0.2) is 9.97 Å². The molecule has 3 rings (SSSR count). The van der Waals surface area contributed by atoms with E-state index >= 15 is 0 Å². The topological polar surface area (TPSA) is 79.1 Å². The number of carbonyl (C=O) groups is 1. The molecule has 0 saturated carbocycles. The van der Waals surface area contributed by atoms with Gasteiger partial charge >= 0.3 is 5.97 Å². The number of fused-ring (bicyclic) bond motifs is 1. The van der Waals surface area contributed by atoms with Crippen molar-refractivity contribution in [1.82, 2.24) is 9.97 Å². The highest BCUT2D eigenvalue weighted by Gasteiger charge is 2.32. The molecule has 1 saturated heterocycles. The predicted molar refractivity (Wildman–Crippen MR) is 104 cm³/mol. The van der Waals surface area contributed by atoms with Gasteiger partial charge in [0.15, 0.2) is 11.7 Å². The van der Waals surface area contributed by atoms with Gasteiger partial charge in [-0.2, -0.15) is 5.26 Å². The number of nitrogens with zero attached hydrogens (tertiary/aromatic N) is 4. The van der Waals surface area contributed by atoms with Gasteiger partial charge in [0.1, 0.15) is 5.69 Å². The number of piperidine rings is 1. The molecule has 6 nitrogen and oxygen atoms in total. The van der Waals surface area contributed by atoms with Crippen LogP contribution in [0, 0.1) is 23.2 Å². The van der Waals surface area contributed by atoms with Crippen molar-refractivity contribution < 1.29 is 9.53 Å². The van der Waals surface area contributed by atoms with Gasteiger partial charge in [-0.3, -0.25) is 4.79 Å². The third kappa shape index (κ3) is 4.19. The Bertz CT molecular complexity index is 864. The fraction of sp³-hybridized carbons (Fsp3) is 0.524. The van der Waals surface area contributed by atoms with Gasteiger partial charge in [0.05, 0.1) is 23.2 Å². The van der Waals surface area contributed by atoms with E-state index in [9.17, 15) is 10.1 Å². The molecule has 1 aromatic heterocycles. The molecular weight excluding hydrogens is 340 g/mol. The normalized spacial score (nSPS) is 21.1. The predicted octanol–water partition coefficient (Wildman–Crippen LogP) is 3.67. The fourth-order valence-corrected chi connectivity index (χ4v) is 3.79. The molecule has 2 heterocycles. The Morgan fingerprint density at radius 1 is 1.19 bits per heavy atom. The summed E-state index contributed by atoms with van der Waals surface area (Å²) in [5.74, 6) is -0.0149. The Morgan fingerprint density at radius 3 is 2.33 bits per heavy atom. The number of nitriles is 1. The number of esters is 1. The van der Waals surface area contributed by atoms with Crippen molar-refractivity contribution >= 4 is 22.8 Å². The summed E-state index contributed by atoms with van der Waals surface area (Å²) in [4.78, 5) is 24.2. The second-order valence-corrected chi connectivity index (χ2v) is 7.82. The van der Waals surface area contributed by atoms with Crippen molar-refractivity contribution in [2.24, 2.45) is 11.8 Å². The Balaban J connectivity index is 2.11. The zero-order chi connectivity index (χ0) is 19.6. The molecule has 0 bridgehead atoms. The summed E-state index contributed by atoms with van der Waals surface area (Å²) >= 11 is 0. The number of aromatic nitrogens is 2. The molecule has 0 unspecified atom stereocenters. The molecular formula is C21H26N4O2. The number of rotatable bonds is 4. The summed E-state index contributed by atoms with van der Waals surface area (Å²) in [6.07, 6.45) is 0.865. The first-order valence-corrected chi connectivity index (χ1v) is 9.50. The molecule has 27 heavy (non-hydrogen) atoms. The third-order valence-electron chi connectivity index (χ3n) is 4.74. The van der Waals surface area contributed by atoms with Crippen LogP contribution in [0.2, 0.25) is 0 Å². The zero-order valence-electron chi connectivity index (χ0n) is 16.3. The minimum Gasteiger partial charge on any atom is -0.462 e. The summed E-state index contributed by atoms with van der Waals surface area (Å²) in [5, 5.41) is 9.72. The largest absolute Gasteiger partial charge is 0.462 e. The van der Waals surface area contributed by atoms with E-state index in [1.807, 2.05) is 24.3 Å². The van der Waals surface area contributed by atoms with E-state index in [0.717, 1.165) is 25.0 Å². The molecule has 3 atom stereocenters. The maximum Gasteiger partial charge on any atom is 0.329 e. The number of anilines is 1. The molecule has 1 aliphatic heterocycles. The highest BCUT2D eigenvalue weighted by atomic mass is 16.5. The molecule has 0 N–H and O–H groups in total. The van der Waals surface area contributed by atoms with Crippen molar-refractivity contribution in [3.8, 4) is 6.07 Å². The van der Waals surface area contributed by atoms with E-state index in [2.05, 4.69) is 29.8 Å². The fourth-order valence-electron chi connectivity index (χ4n) is 3.79. The van der Waals surface area contributed by atoms with Crippen LogP contribution in [-0.4, -0.2) is 35.1 Å². The lowest BCUT2D eigenvalue weighted by molar-refractivity contribution is -0.147. The number of carbonyl (C=O) groups excluding carboxylic acids is 1. The summed E-state index contributed by atoms with van der Waals surface area (Å²) < 4.78 is 5.31. The maximum atomic E-state index is 12.6. The summed E-state index contributed by atoms with van der Waals surface area (Å²) in [6.45, 7) is 9.64. The van der Waals surface area contributed by atoms with Crippen LogP contribution in [0.25, 0.3) is 11.0 Å². The van der Waals surface area contributed by atoms with Crippen LogP contribution in [0.4, 0.5) is 5.82 Å². The second kappa shape index (κ2) is 7.91. The van der Waals surface area contributed by atoms with Gasteiger partial charge in [-0.05, 0) is 44.2 Å². The van der Waals surface area contributed by atoms with Crippen LogP contribution in [0.5, 0.6) is 0 Å². The first-order valence-electron chi connectivity index (χ1n) is 9.50. The van der Waals surface area contributed by atoms with Crippen LogP contribution in [0.1, 0.15) is 45.7 Å². The quantitative estimate of drug-likeness (QED) is 0.768. The van der Waals surface area contributed by atoms with Crippen LogP contribution in [-0.2, 0) is 9.53 Å². The van der Waals surface area contributed by atoms with E-state index in [4.69, 9.17) is 9.72 Å². The Kier molecular flexibility index (Phi) is 5.59. The van der Waals surface area contributed by atoms with Gasteiger partial charge in [0, 0.05) is 13.1 Å². The van der Waals surface area contributed by atoms with E-state index < -0.39 is 11.9 Å². The Hall–Kier alpha value is -2.68. The summed E-state index contributed by atoms with van der Waals surface area (Å²) in [6, 6.07) is 9.62. The lowest BCUT2D eigenvalue weighted by Gasteiger charge is -2.36. The second-order valence-electron chi connectivity index (χ2n) is 7.82. The van der Waals surface area contributed by atoms with Crippen molar-refractivity contribution in [1.29, 1.82) is 5.26 Å². The van der Waals surface area contributed by atoms with Crippen LogP contribution in [0.15, 0.2) is 24.3 Å². The van der Waals surface area contributed by atoms with E-state index in [1.165, 1.54) is 0 Å². The SMILES string of the molecule is CC(C)OC(=O)[C@H](C#N)c1nc2ccccc2nc1N1C[C@H](C)C[C@H](C)C1. The number of para-hydroxylation sites is 2. The summed E-state index contributed by atoms with van der Waals surface area (Å²) in [7, 11) is 0. The first-order chi connectivity index (χ1) is 12.9. The van der Waals surface area contributed by atoms with E-state index in [-0.39, 0.29) is 6.10 Å².